The number of thiophene rings is 1. The van der Waals surface area contributed by atoms with Gasteiger partial charge in [-0.2, -0.15) is 0 Å². The van der Waals surface area contributed by atoms with Crippen LogP contribution in [0.25, 0.3) is 0 Å². The Hall–Kier alpha value is -1.54. The quantitative estimate of drug-likeness (QED) is 0.726. The predicted molar refractivity (Wildman–Crippen MR) is 81.8 cm³/mol. The van der Waals surface area contributed by atoms with Gasteiger partial charge in [0.05, 0.1) is 6.04 Å². The zero-order chi connectivity index (χ0) is 12.8. The first-order chi connectivity index (χ1) is 9.33. The van der Waals surface area contributed by atoms with E-state index in [1.54, 1.807) is 0 Å². The van der Waals surface area contributed by atoms with Gasteiger partial charge in [0, 0.05) is 21.4 Å². The first kappa shape index (κ1) is 11.3. The summed E-state index contributed by atoms with van der Waals surface area (Å²) in [5, 5.41) is 3.77. The van der Waals surface area contributed by atoms with Gasteiger partial charge in [0.2, 0.25) is 0 Å². The number of fused-ring (bicyclic) bond motifs is 3. The Balaban J connectivity index is 1.80. The third-order valence-electron chi connectivity index (χ3n) is 4.34. The van der Waals surface area contributed by atoms with Gasteiger partial charge < -0.3 is 5.32 Å². The number of para-hydroxylation sites is 1. The smallest absolute Gasteiger partial charge is 0.0646 e. The molecule has 0 fully saturated rings. The van der Waals surface area contributed by atoms with Crippen LogP contribution < -0.4 is 5.32 Å². The van der Waals surface area contributed by atoms with Crippen LogP contribution >= 0.6 is 11.3 Å². The van der Waals surface area contributed by atoms with Gasteiger partial charge in [-0.25, -0.2) is 0 Å². The van der Waals surface area contributed by atoms with Crippen molar-refractivity contribution in [3.05, 3.63) is 63.9 Å². The van der Waals surface area contributed by atoms with E-state index in [1.165, 1.54) is 27.4 Å². The molecule has 0 amide bonds. The molecule has 0 saturated carbocycles. The van der Waals surface area contributed by atoms with Crippen LogP contribution in [-0.4, -0.2) is 0 Å². The van der Waals surface area contributed by atoms with Crippen molar-refractivity contribution in [1.82, 2.24) is 0 Å². The van der Waals surface area contributed by atoms with Crippen LogP contribution in [0, 0.1) is 12.8 Å². The average Bonchev–Trinajstić information content (AvgIpc) is 3.06. The van der Waals surface area contributed by atoms with Gasteiger partial charge in [-0.3, -0.25) is 0 Å². The van der Waals surface area contributed by atoms with Crippen LogP contribution in [0.5, 0.6) is 0 Å². The summed E-state index contributed by atoms with van der Waals surface area (Å²) in [7, 11) is 0. The highest BCUT2D eigenvalue weighted by Gasteiger charge is 2.38. The SMILES string of the molecule is Cc1ccc(C2Nc3ccccc3C3C=CCC32)s1. The lowest BCUT2D eigenvalue weighted by Gasteiger charge is -2.36. The molecular formula is C17H17NS. The van der Waals surface area contributed by atoms with Crippen molar-refractivity contribution in [2.24, 2.45) is 5.92 Å². The summed E-state index contributed by atoms with van der Waals surface area (Å²) >= 11 is 1.93. The zero-order valence-corrected chi connectivity index (χ0v) is 11.8. The summed E-state index contributed by atoms with van der Waals surface area (Å²) in [6.07, 6.45) is 5.94. The zero-order valence-electron chi connectivity index (χ0n) is 11.0. The van der Waals surface area contributed by atoms with Crippen LogP contribution in [0.3, 0.4) is 0 Å². The monoisotopic (exact) mass is 267 g/mol. The highest BCUT2D eigenvalue weighted by molar-refractivity contribution is 7.12. The van der Waals surface area contributed by atoms with E-state index >= 15 is 0 Å². The lowest BCUT2D eigenvalue weighted by molar-refractivity contribution is 0.430. The summed E-state index contributed by atoms with van der Waals surface area (Å²) in [6.45, 7) is 2.19. The third-order valence-corrected chi connectivity index (χ3v) is 5.42. The molecule has 0 bridgehead atoms. The maximum atomic E-state index is 3.77. The van der Waals surface area contributed by atoms with Gasteiger partial charge in [-0.15, -0.1) is 11.3 Å². The number of benzene rings is 1. The Morgan fingerprint density at radius 3 is 2.89 bits per heavy atom. The molecule has 1 aromatic heterocycles. The van der Waals surface area contributed by atoms with Crippen molar-refractivity contribution >= 4 is 17.0 Å². The number of anilines is 1. The first-order valence-electron chi connectivity index (χ1n) is 6.91. The minimum Gasteiger partial charge on any atom is -0.377 e. The second-order valence-electron chi connectivity index (χ2n) is 5.51. The van der Waals surface area contributed by atoms with Crippen molar-refractivity contribution in [3.8, 4) is 0 Å². The lowest BCUT2D eigenvalue weighted by Crippen LogP contribution is -2.28. The number of rotatable bonds is 1. The molecule has 2 aliphatic rings. The largest absolute Gasteiger partial charge is 0.377 e. The molecule has 0 spiro atoms. The number of hydrogen-bond donors (Lipinski definition) is 1. The molecule has 0 saturated heterocycles. The van der Waals surface area contributed by atoms with E-state index in [0.29, 0.717) is 17.9 Å². The number of aryl methyl sites for hydroxylation is 1. The molecule has 1 aliphatic heterocycles. The summed E-state index contributed by atoms with van der Waals surface area (Å²) in [6, 6.07) is 13.8. The topological polar surface area (TPSA) is 12.0 Å². The predicted octanol–water partition coefficient (Wildman–Crippen LogP) is 4.88. The van der Waals surface area contributed by atoms with E-state index in [2.05, 4.69) is 60.8 Å². The second kappa shape index (κ2) is 4.24. The molecule has 1 aliphatic carbocycles. The fourth-order valence-corrected chi connectivity index (χ4v) is 4.45. The summed E-state index contributed by atoms with van der Waals surface area (Å²) in [5.41, 5.74) is 2.78. The van der Waals surface area contributed by atoms with E-state index in [9.17, 15) is 0 Å². The molecule has 3 atom stereocenters. The summed E-state index contributed by atoms with van der Waals surface area (Å²) in [5.74, 6) is 1.26. The molecule has 4 rings (SSSR count). The number of allylic oxidation sites excluding steroid dienone is 2. The average molecular weight is 267 g/mol. The fraction of sp³-hybridized carbons (Fsp3) is 0.294. The maximum absolute atomic E-state index is 3.77. The Morgan fingerprint density at radius 1 is 1.16 bits per heavy atom. The maximum Gasteiger partial charge on any atom is 0.0646 e. The van der Waals surface area contributed by atoms with Crippen molar-refractivity contribution < 1.29 is 0 Å². The summed E-state index contributed by atoms with van der Waals surface area (Å²) < 4.78 is 0. The second-order valence-corrected chi connectivity index (χ2v) is 6.83. The van der Waals surface area contributed by atoms with E-state index in [1.807, 2.05) is 11.3 Å². The van der Waals surface area contributed by atoms with Crippen LogP contribution in [0.1, 0.15) is 33.7 Å². The van der Waals surface area contributed by atoms with Crippen molar-refractivity contribution in [2.45, 2.75) is 25.3 Å². The molecule has 2 aromatic rings. The van der Waals surface area contributed by atoms with Crippen LogP contribution in [-0.2, 0) is 0 Å². The fourth-order valence-electron chi connectivity index (χ4n) is 3.45. The molecule has 19 heavy (non-hydrogen) atoms. The molecule has 1 N–H and O–H groups in total. The molecule has 0 radical (unpaired) electrons. The van der Waals surface area contributed by atoms with Crippen molar-refractivity contribution in [3.63, 3.8) is 0 Å². The van der Waals surface area contributed by atoms with Crippen molar-refractivity contribution in [1.29, 1.82) is 0 Å². The van der Waals surface area contributed by atoms with Gasteiger partial charge in [-0.05, 0) is 43.0 Å². The van der Waals surface area contributed by atoms with Crippen LogP contribution in [0.4, 0.5) is 5.69 Å². The normalized spacial score (nSPS) is 27.7. The van der Waals surface area contributed by atoms with E-state index < -0.39 is 0 Å². The molecule has 3 unspecified atom stereocenters. The van der Waals surface area contributed by atoms with Crippen LogP contribution in [0.15, 0.2) is 48.6 Å². The van der Waals surface area contributed by atoms with E-state index in [0.717, 1.165) is 0 Å². The molecule has 1 aromatic carbocycles. The molecular weight excluding hydrogens is 250 g/mol. The summed E-state index contributed by atoms with van der Waals surface area (Å²) in [4.78, 5) is 2.88. The van der Waals surface area contributed by atoms with Gasteiger partial charge in [0.15, 0.2) is 0 Å². The van der Waals surface area contributed by atoms with Gasteiger partial charge in [0.25, 0.3) is 0 Å². The van der Waals surface area contributed by atoms with Gasteiger partial charge in [0.1, 0.15) is 0 Å². The Morgan fingerprint density at radius 2 is 2.05 bits per heavy atom. The van der Waals surface area contributed by atoms with Crippen molar-refractivity contribution in [2.75, 3.05) is 5.32 Å². The molecule has 2 heterocycles. The van der Waals surface area contributed by atoms with Gasteiger partial charge in [-0.1, -0.05) is 30.4 Å². The van der Waals surface area contributed by atoms with E-state index in [-0.39, 0.29) is 0 Å². The minimum atomic E-state index is 0.466. The standard InChI is InChI=1S/C17H17NS/c1-11-9-10-16(19-11)17-14-7-4-6-12(14)13-5-2-3-8-15(13)18-17/h2-6,8-10,12,14,17-18H,7H2,1H3. The van der Waals surface area contributed by atoms with Gasteiger partial charge >= 0.3 is 0 Å². The van der Waals surface area contributed by atoms with E-state index in [4.69, 9.17) is 0 Å². The first-order valence-corrected chi connectivity index (χ1v) is 7.73. The molecule has 1 nitrogen and oxygen atoms in total. The minimum absolute atomic E-state index is 0.466. The Bertz CT molecular complexity index is 640. The number of nitrogens with one attached hydrogen (secondary N) is 1. The number of hydrogen-bond acceptors (Lipinski definition) is 2. The third kappa shape index (κ3) is 1.74. The van der Waals surface area contributed by atoms with Crippen LogP contribution in [0.2, 0.25) is 0 Å². The molecule has 96 valence electrons. The molecule has 2 heteroatoms. The highest BCUT2D eigenvalue weighted by atomic mass is 32.1. The highest BCUT2D eigenvalue weighted by Crippen LogP contribution is 2.50. The Labute approximate surface area is 118 Å². The Kier molecular flexibility index (Phi) is 2.52. The lowest BCUT2D eigenvalue weighted by atomic mass is 9.79.